The molecule has 2 aliphatic rings. The summed E-state index contributed by atoms with van der Waals surface area (Å²) in [5.74, 6) is -1.99. The fraction of sp³-hybridized carbons (Fsp3) is 0.0588. The summed E-state index contributed by atoms with van der Waals surface area (Å²) >= 11 is 0. The fourth-order valence-electron chi connectivity index (χ4n) is 10.1. The highest BCUT2D eigenvalue weighted by Crippen LogP contribution is 2.48. The Bertz CT molecular complexity index is 4780. The van der Waals surface area contributed by atoms with E-state index in [0.717, 1.165) is 0 Å². The van der Waals surface area contributed by atoms with Gasteiger partial charge in [-0.05, 0) is 105 Å². The third kappa shape index (κ3) is 7.14. The Morgan fingerprint density at radius 2 is 0.722 bits per heavy atom. The van der Waals surface area contributed by atoms with E-state index in [-0.39, 0.29) is 114 Å². The Kier molecular flexibility index (Phi) is 6.32. The van der Waals surface area contributed by atoms with Crippen LogP contribution in [-0.2, 0) is 0 Å². The number of hydrogen-bond acceptors (Lipinski definition) is 2. The monoisotopic (exact) mass is 943 g/mol. The van der Waals surface area contributed by atoms with Crippen LogP contribution < -0.4 is 9.80 Å². The maximum absolute atomic E-state index is 10.3. The molecule has 0 amide bonds. The van der Waals surface area contributed by atoms with Crippen LogP contribution in [0.4, 0.5) is 22.7 Å². The van der Waals surface area contributed by atoms with Crippen molar-refractivity contribution in [2.75, 3.05) is 22.8 Å². The maximum atomic E-state index is 10.3. The second kappa shape index (κ2) is 17.4. The third-order valence-electron chi connectivity index (χ3n) is 13.5. The van der Waals surface area contributed by atoms with Crippen molar-refractivity contribution < 1.29 is 27.4 Å². The first kappa shape index (κ1) is 26.2. The van der Waals surface area contributed by atoms with Gasteiger partial charge in [-0.15, -0.1) is 0 Å². The van der Waals surface area contributed by atoms with Crippen molar-refractivity contribution in [2.24, 2.45) is 0 Å². The molecular formula is C68H50N4. The summed E-state index contributed by atoms with van der Waals surface area (Å²) < 4.78 is 191. The summed E-state index contributed by atoms with van der Waals surface area (Å²) in [7, 11) is 0. The van der Waals surface area contributed by atoms with Crippen LogP contribution in [0.1, 0.15) is 61.5 Å². The van der Waals surface area contributed by atoms with Gasteiger partial charge in [-0.1, -0.05) is 194 Å². The van der Waals surface area contributed by atoms with Gasteiger partial charge in [-0.3, -0.25) is 0 Å². The van der Waals surface area contributed by atoms with E-state index in [2.05, 4.69) is 0 Å². The smallest absolute Gasteiger partial charge is 0.0829 e. The summed E-state index contributed by atoms with van der Waals surface area (Å²) in [6.45, 7) is -2.86. The molecule has 72 heavy (non-hydrogen) atoms. The van der Waals surface area contributed by atoms with E-state index in [4.69, 9.17) is 11.0 Å². The van der Waals surface area contributed by atoms with Crippen molar-refractivity contribution in [3.8, 4) is 44.8 Å². The molecule has 4 atom stereocenters. The number of anilines is 4. The third-order valence-corrected chi connectivity index (χ3v) is 13.5. The van der Waals surface area contributed by atoms with E-state index in [1.54, 1.807) is 158 Å². The quantitative estimate of drug-likeness (QED) is 0.143. The zero-order valence-electron chi connectivity index (χ0n) is 58.1. The molecule has 4 heteroatoms. The molecule has 0 bridgehead atoms. The molecule has 0 saturated carbocycles. The van der Waals surface area contributed by atoms with Gasteiger partial charge < -0.3 is 18.9 Å². The maximum Gasteiger partial charge on any atom is 0.0829 e. The van der Waals surface area contributed by atoms with Gasteiger partial charge in [0.05, 0.1) is 38.4 Å². The number of nitrogens with zero attached hydrogens (tertiary/aromatic N) is 4. The lowest BCUT2D eigenvalue weighted by molar-refractivity contribution is 0.858. The number of rotatable bonds is 9. The van der Waals surface area contributed by atoms with Gasteiger partial charge in [0, 0.05) is 93.2 Å². The zero-order valence-corrected chi connectivity index (χ0v) is 38.1. The lowest BCUT2D eigenvalue weighted by Gasteiger charge is -2.25. The number of fused-ring (bicyclic) bond motifs is 4. The fourth-order valence-corrected chi connectivity index (χ4v) is 10.1. The molecule has 0 N–H and O–H groups in total. The van der Waals surface area contributed by atoms with Crippen LogP contribution in [0.2, 0.25) is 0 Å². The molecule has 0 spiro atoms. The molecule has 0 aliphatic carbocycles. The van der Waals surface area contributed by atoms with Crippen LogP contribution in [0.5, 0.6) is 0 Å². The van der Waals surface area contributed by atoms with Crippen molar-refractivity contribution in [3.63, 3.8) is 0 Å². The van der Waals surface area contributed by atoms with Crippen molar-refractivity contribution in [1.82, 2.24) is 9.13 Å². The molecular weight excluding hydrogens is 873 g/mol. The van der Waals surface area contributed by atoms with Crippen molar-refractivity contribution >= 4 is 44.6 Å². The molecule has 14 rings (SSSR count). The summed E-state index contributed by atoms with van der Waals surface area (Å²) in [6.07, 6.45) is -0.563. The van der Waals surface area contributed by atoms with Gasteiger partial charge in [0.25, 0.3) is 0 Å². The summed E-state index contributed by atoms with van der Waals surface area (Å²) in [6, 6.07) is 36.6. The molecule has 12 aromatic rings. The molecule has 0 radical (unpaired) electrons. The molecule has 0 saturated heterocycles. The van der Waals surface area contributed by atoms with Crippen LogP contribution in [0, 0.1) is 0 Å². The molecule has 4 heterocycles. The van der Waals surface area contributed by atoms with Crippen LogP contribution in [0.15, 0.2) is 267 Å². The number of aromatic nitrogens is 2. The van der Waals surface area contributed by atoms with E-state index < -0.39 is 109 Å². The van der Waals surface area contributed by atoms with Crippen LogP contribution in [0.3, 0.4) is 0 Å². The second-order valence-electron chi connectivity index (χ2n) is 17.6. The first-order valence-corrected chi connectivity index (χ1v) is 23.4. The minimum Gasteiger partial charge on any atom is -0.340 e. The van der Waals surface area contributed by atoms with Crippen LogP contribution >= 0.6 is 0 Å². The highest BCUT2D eigenvalue weighted by Gasteiger charge is 2.33. The molecule has 4 unspecified atom stereocenters. The summed E-state index contributed by atoms with van der Waals surface area (Å²) in [4.78, 5) is 2.93. The molecule has 342 valence electrons. The minimum atomic E-state index is -1.43. The summed E-state index contributed by atoms with van der Waals surface area (Å²) in [5.41, 5.74) is 3.04. The van der Waals surface area contributed by atoms with Gasteiger partial charge in [-0.2, -0.15) is 0 Å². The van der Waals surface area contributed by atoms with Gasteiger partial charge >= 0.3 is 0 Å². The van der Waals surface area contributed by atoms with E-state index in [0.29, 0.717) is 22.3 Å². The predicted octanol–water partition coefficient (Wildman–Crippen LogP) is 17.1. The Hall–Kier alpha value is -9.12. The average molecular weight is 943 g/mol. The van der Waals surface area contributed by atoms with Crippen molar-refractivity contribution in [3.05, 3.63) is 289 Å². The minimum absolute atomic E-state index is 0.0135. The lowest BCUT2D eigenvalue weighted by Crippen LogP contribution is -2.17. The van der Waals surface area contributed by atoms with E-state index >= 15 is 0 Å². The number of hydrogen-bond donors (Lipinski definition) is 0. The molecule has 2 aliphatic heterocycles. The first-order valence-electron chi connectivity index (χ1n) is 33.6. The predicted molar refractivity (Wildman–Crippen MR) is 300 cm³/mol. The number of para-hydroxylation sites is 4. The highest BCUT2D eigenvalue weighted by atomic mass is 15.2. The van der Waals surface area contributed by atoms with Crippen LogP contribution in [-0.4, -0.2) is 22.2 Å². The standard InChI is InChI=1S/C68H50N4/c1-5-21-47(22-6-1)61-43-69(65-33-17-13-29-57(61)65)53-37-51(38-54(41-53)70-44-62(48-23-7-2-8-24-48)58-30-14-18-34-66(58)70)52-39-55(71-45-63(49-25-9-3-10-26-49)59-31-15-19-35-67(59)71)42-56(40-52)72-46-64(50-27-11-4-12-28-50)60-32-16-20-36-68(60)72/h1-43,45,62,64H,44,46H2/i13D,14D,15D,16D,17D,18D,19D,20D,29D,30D,31D,32D,33D,34D,35D,36D,43D,44D,45D,46D. The SMILES string of the molecule is [2H]c1c([2H])c([2H])c2c(c1[2H])C(c1ccccc1)C([2H])N2c1cc(-c2cc(N3c4c([2H])c([2H])c([2H])c([2H])c4C(c4ccccc4)C3[2H])cc(-n3c([2H])c(-c4ccccc4)c4c([2H])c([2H])c([2H])c([2H])c43)c2)cc(-n2c([2H])c(-c3ccccc3)c3c([2H])c([2H])c([2H])c([2H])c32)c1. The van der Waals surface area contributed by atoms with Gasteiger partial charge in [0.15, 0.2) is 0 Å². The van der Waals surface area contributed by atoms with Crippen LogP contribution in [0.25, 0.3) is 66.6 Å². The Balaban J connectivity index is 1.14. The number of benzene rings is 10. The topological polar surface area (TPSA) is 16.3 Å². The zero-order chi connectivity index (χ0) is 64.9. The molecule has 10 aromatic carbocycles. The first-order chi connectivity index (χ1) is 44.0. The van der Waals surface area contributed by atoms with Crippen molar-refractivity contribution in [2.45, 2.75) is 11.8 Å². The van der Waals surface area contributed by atoms with Gasteiger partial charge in [-0.25, -0.2) is 0 Å². The van der Waals surface area contributed by atoms with E-state index in [9.17, 15) is 16.4 Å². The second-order valence-corrected chi connectivity index (χ2v) is 17.6. The molecule has 2 aromatic heterocycles. The normalized spacial score (nSPS) is 21.0. The Morgan fingerprint density at radius 1 is 0.361 bits per heavy atom. The largest absolute Gasteiger partial charge is 0.340 e. The summed E-state index contributed by atoms with van der Waals surface area (Å²) in [5, 5.41) is 0.0269. The average Bonchev–Trinajstić information content (AvgIpc) is 1.58. The lowest BCUT2D eigenvalue weighted by atomic mass is 9.93. The van der Waals surface area contributed by atoms with E-state index in [1.807, 2.05) is 0 Å². The molecule has 4 nitrogen and oxygen atoms in total. The van der Waals surface area contributed by atoms with E-state index in [1.165, 1.54) is 18.9 Å². The molecule has 0 fully saturated rings. The Morgan fingerprint density at radius 3 is 1.15 bits per heavy atom. The van der Waals surface area contributed by atoms with Gasteiger partial charge in [0.2, 0.25) is 0 Å². The van der Waals surface area contributed by atoms with Crippen molar-refractivity contribution in [1.29, 1.82) is 0 Å². The Labute approximate surface area is 448 Å². The van der Waals surface area contributed by atoms with Gasteiger partial charge in [0.1, 0.15) is 0 Å². The highest BCUT2D eigenvalue weighted by molar-refractivity contribution is 5.99.